The quantitative estimate of drug-likeness (QED) is 0.656. The summed E-state index contributed by atoms with van der Waals surface area (Å²) in [5, 5.41) is 3.36. The molecule has 1 N–H and O–H groups in total. The molecule has 0 unspecified atom stereocenters. The van der Waals surface area contributed by atoms with Gasteiger partial charge in [-0.15, -0.1) is 0 Å². The van der Waals surface area contributed by atoms with Gasteiger partial charge in [-0.1, -0.05) is 38.8 Å². The van der Waals surface area contributed by atoms with Crippen LogP contribution >= 0.6 is 0 Å². The second-order valence-electron chi connectivity index (χ2n) is 9.79. The van der Waals surface area contributed by atoms with Crippen molar-refractivity contribution < 1.29 is 23.8 Å². The highest BCUT2D eigenvalue weighted by Crippen LogP contribution is 2.46. The van der Waals surface area contributed by atoms with Crippen molar-refractivity contribution in [3.63, 3.8) is 0 Å². The Kier molecular flexibility index (Phi) is 7.24. The van der Waals surface area contributed by atoms with Gasteiger partial charge in [-0.3, -0.25) is 9.59 Å². The van der Waals surface area contributed by atoms with Crippen molar-refractivity contribution in [3.8, 4) is 17.2 Å². The molecule has 1 aliphatic heterocycles. The van der Waals surface area contributed by atoms with Crippen molar-refractivity contribution >= 4 is 11.8 Å². The van der Waals surface area contributed by atoms with Crippen LogP contribution in [-0.4, -0.2) is 51.1 Å². The maximum atomic E-state index is 14.0. The summed E-state index contributed by atoms with van der Waals surface area (Å²) in [6.45, 7) is 4.47. The smallest absolute Gasteiger partial charge is 0.254 e. The van der Waals surface area contributed by atoms with Gasteiger partial charge >= 0.3 is 0 Å². The predicted molar refractivity (Wildman–Crippen MR) is 134 cm³/mol. The lowest BCUT2D eigenvalue weighted by Gasteiger charge is -2.42. The Hall–Kier alpha value is -3.22. The Bertz CT molecular complexity index is 1080. The van der Waals surface area contributed by atoms with Gasteiger partial charge < -0.3 is 24.4 Å². The largest absolute Gasteiger partial charge is 0.497 e. The highest BCUT2D eigenvalue weighted by atomic mass is 16.5. The van der Waals surface area contributed by atoms with E-state index in [4.69, 9.17) is 14.2 Å². The molecule has 0 aromatic heterocycles. The van der Waals surface area contributed by atoms with Crippen molar-refractivity contribution in [3.05, 3.63) is 53.1 Å². The SMILES string of the molecule is COc1ccc([C@@H]2[C@H](C(=O)N[C@H]3CCC[C@@H](C)[C@H]3C)c3cc(OC)c(OC)cc3C(=O)N2C)cc1. The second-order valence-corrected chi connectivity index (χ2v) is 9.79. The molecule has 0 bridgehead atoms. The van der Waals surface area contributed by atoms with E-state index in [-0.39, 0.29) is 17.9 Å². The summed E-state index contributed by atoms with van der Waals surface area (Å²) in [5.41, 5.74) is 1.98. The lowest BCUT2D eigenvalue weighted by atomic mass is 9.76. The van der Waals surface area contributed by atoms with Crippen LogP contribution in [0.2, 0.25) is 0 Å². The minimum Gasteiger partial charge on any atom is -0.497 e. The van der Waals surface area contributed by atoms with Crippen LogP contribution in [0, 0.1) is 11.8 Å². The molecule has 2 amide bonds. The molecule has 1 heterocycles. The minimum absolute atomic E-state index is 0.0791. The van der Waals surface area contributed by atoms with E-state index in [1.165, 1.54) is 13.5 Å². The van der Waals surface area contributed by atoms with Crippen molar-refractivity contribution in [1.29, 1.82) is 0 Å². The standard InChI is InChI=1S/C28H36N2O5/c1-16-8-7-9-22(17(16)2)29-27(31)25-20-14-23(34-5)24(35-6)15-21(20)28(32)30(3)26(25)18-10-12-19(33-4)13-11-18/h10-17,22,25-26H,7-9H2,1-6H3,(H,29,31)/t16-,17-,22+,25-,26-/m1/s1. The van der Waals surface area contributed by atoms with Gasteiger partial charge in [0.15, 0.2) is 11.5 Å². The molecule has 0 saturated heterocycles. The summed E-state index contributed by atoms with van der Waals surface area (Å²) in [6.07, 6.45) is 3.25. The molecule has 0 spiro atoms. The lowest BCUT2D eigenvalue weighted by Crippen LogP contribution is -2.50. The Morgan fingerprint density at radius 1 is 0.971 bits per heavy atom. The number of hydrogen-bond donors (Lipinski definition) is 1. The Morgan fingerprint density at radius 2 is 1.63 bits per heavy atom. The van der Waals surface area contributed by atoms with E-state index in [0.29, 0.717) is 34.5 Å². The Balaban J connectivity index is 1.82. The number of carbonyl (C=O) groups excluding carboxylic acids is 2. The number of nitrogens with zero attached hydrogens (tertiary/aromatic N) is 1. The molecule has 2 aromatic carbocycles. The average molecular weight is 481 g/mol. The van der Waals surface area contributed by atoms with Gasteiger partial charge in [-0.25, -0.2) is 0 Å². The van der Waals surface area contributed by atoms with Gasteiger partial charge in [0.05, 0.1) is 33.3 Å². The Labute approximate surface area is 207 Å². The van der Waals surface area contributed by atoms with E-state index in [9.17, 15) is 9.59 Å². The highest BCUT2D eigenvalue weighted by molar-refractivity contribution is 6.02. The fraction of sp³-hybridized carbons (Fsp3) is 0.500. The summed E-state index contributed by atoms with van der Waals surface area (Å²) in [5.74, 6) is 1.77. The molecule has 1 aliphatic carbocycles. The van der Waals surface area contributed by atoms with Crippen LogP contribution in [0.4, 0.5) is 0 Å². The summed E-state index contributed by atoms with van der Waals surface area (Å²) >= 11 is 0. The number of methoxy groups -OCH3 is 3. The van der Waals surface area contributed by atoms with Crippen LogP contribution < -0.4 is 19.5 Å². The van der Waals surface area contributed by atoms with E-state index in [2.05, 4.69) is 19.2 Å². The van der Waals surface area contributed by atoms with Crippen LogP contribution in [0.1, 0.15) is 66.6 Å². The molecular weight excluding hydrogens is 444 g/mol. The van der Waals surface area contributed by atoms with Crippen molar-refractivity contribution in [1.82, 2.24) is 10.2 Å². The molecule has 5 atom stereocenters. The van der Waals surface area contributed by atoms with Crippen LogP contribution in [0.15, 0.2) is 36.4 Å². The first kappa shape index (κ1) is 24.9. The topological polar surface area (TPSA) is 77.1 Å². The van der Waals surface area contributed by atoms with Crippen molar-refractivity contribution in [2.75, 3.05) is 28.4 Å². The third kappa shape index (κ3) is 4.56. The van der Waals surface area contributed by atoms with Crippen LogP contribution in [0.5, 0.6) is 17.2 Å². The fourth-order valence-corrected chi connectivity index (χ4v) is 5.61. The predicted octanol–water partition coefficient (Wildman–Crippen LogP) is 4.56. The summed E-state index contributed by atoms with van der Waals surface area (Å²) < 4.78 is 16.3. The zero-order valence-corrected chi connectivity index (χ0v) is 21.5. The van der Waals surface area contributed by atoms with E-state index in [1.807, 2.05) is 24.3 Å². The zero-order valence-electron chi connectivity index (χ0n) is 21.5. The van der Waals surface area contributed by atoms with E-state index >= 15 is 0 Å². The monoisotopic (exact) mass is 480 g/mol. The first-order valence-corrected chi connectivity index (χ1v) is 12.3. The Morgan fingerprint density at radius 3 is 2.26 bits per heavy atom. The van der Waals surface area contributed by atoms with Crippen LogP contribution in [-0.2, 0) is 4.79 Å². The molecule has 2 aliphatic rings. The molecule has 188 valence electrons. The number of fused-ring (bicyclic) bond motifs is 1. The highest BCUT2D eigenvalue weighted by Gasteiger charge is 2.44. The van der Waals surface area contributed by atoms with Crippen LogP contribution in [0.25, 0.3) is 0 Å². The molecule has 1 fully saturated rings. The third-order valence-corrected chi connectivity index (χ3v) is 7.95. The number of amides is 2. The number of hydrogen-bond acceptors (Lipinski definition) is 5. The number of ether oxygens (including phenoxy) is 3. The first-order valence-electron chi connectivity index (χ1n) is 12.3. The number of carbonyl (C=O) groups is 2. The summed E-state index contributed by atoms with van der Waals surface area (Å²) in [6, 6.07) is 10.7. The van der Waals surface area contributed by atoms with Gasteiger partial charge in [-0.2, -0.15) is 0 Å². The summed E-state index contributed by atoms with van der Waals surface area (Å²) in [7, 11) is 6.46. The number of rotatable bonds is 6. The van der Waals surface area contributed by atoms with Crippen molar-refractivity contribution in [2.24, 2.45) is 11.8 Å². The molecule has 0 radical (unpaired) electrons. The normalized spacial score (nSPS) is 26.1. The van der Waals surface area contributed by atoms with Gasteiger partial charge in [0.2, 0.25) is 5.91 Å². The molecule has 4 rings (SSSR count). The average Bonchev–Trinajstić information content (AvgIpc) is 2.87. The number of nitrogens with one attached hydrogen (secondary N) is 1. The lowest BCUT2D eigenvalue weighted by molar-refractivity contribution is -0.125. The second kappa shape index (κ2) is 10.2. The maximum Gasteiger partial charge on any atom is 0.254 e. The molecule has 2 aromatic rings. The molecule has 7 nitrogen and oxygen atoms in total. The fourth-order valence-electron chi connectivity index (χ4n) is 5.61. The first-order chi connectivity index (χ1) is 16.8. The number of likely N-dealkylation sites (N-methyl/N-ethyl adjacent to an activating group) is 1. The molecule has 35 heavy (non-hydrogen) atoms. The van der Waals surface area contributed by atoms with E-state index in [0.717, 1.165) is 24.2 Å². The summed E-state index contributed by atoms with van der Waals surface area (Å²) in [4.78, 5) is 29.2. The maximum absolute atomic E-state index is 14.0. The molecule has 7 heteroatoms. The minimum atomic E-state index is -0.606. The van der Waals surface area contributed by atoms with E-state index < -0.39 is 12.0 Å². The van der Waals surface area contributed by atoms with Gasteiger partial charge in [0.25, 0.3) is 5.91 Å². The van der Waals surface area contributed by atoms with E-state index in [1.54, 1.807) is 38.3 Å². The third-order valence-electron chi connectivity index (χ3n) is 7.95. The number of benzene rings is 2. The van der Waals surface area contributed by atoms with Gasteiger partial charge in [0, 0.05) is 18.7 Å². The van der Waals surface area contributed by atoms with Crippen LogP contribution in [0.3, 0.4) is 0 Å². The van der Waals surface area contributed by atoms with Gasteiger partial charge in [-0.05, 0) is 53.6 Å². The van der Waals surface area contributed by atoms with Crippen molar-refractivity contribution in [2.45, 2.75) is 51.1 Å². The molecule has 1 saturated carbocycles. The van der Waals surface area contributed by atoms with Gasteiger partial charge in [0.1, 0.15) is 5.75 Å². The molecular formula is C28H36N2O5. The zero-order chi connectivity index (χ0) is 25.3.